The van der Waals surface area contributed by atoms with Crippen LogP contribution in [0.1, 0.15) is 18.4 Å². The lowest BCUT2D eigenvalue weighted by atomic mass is 10.3. The lowest BCUT2D eigenvalue weighted by molar-refractivity contribution is 0.295. The number of hydrogen-bond acceptors (Lipinski definition) is 4. The Morgan fingerprint density at radius 3 is 2.63 bits per heavy atom. The highest BCUT2D eigenvalue weighted by Gasteiger charge is 2.03. The van der Waals surface area contributed by atoms with Gasteiger partial charge in [-0.3, -0.25) is 0 Å². The summed E-state index contributed by atoms with van der Waals surface area (Å²) in [5.41, 5.74) is 0.931. The lowest BCUT2D eigenvalue weighted by Gasteiger charge is -2.08. The van der Waals surface area contributed by atoms with E-state index in [1.54, 1.807) is 0 Å². The first-order chi connectivity index (χ1) is 9.17. The molecule has 2 rings (SSSR count). The summed E-state index contributed by atoms with van der Waals surface area (Å²) < 4.78 is 6.69. The Labute approximate surface area is 121 Å². The van der Waals surface area contributed by atoms with Crippen molar-refractivity contribution in [2.24, 2.45) is 0 Å². The number of nitrogens with zero attached hydrogens (tertiary/aromatic N) is 2. The van der Waals surface area contributed by atoms with Gasteiger partial charge in [-0.05, 0) is 38.1 Å². The van der Waals surface area contributed by atoms with Gasteiger partial charge in [0.2, 0.25) is 0 Å². The normalized spacial score (nSPS) is 10.3. The number of benzene rings is 1. The molecule has 0 unspecified atom stereocenters. The molecule has 0 atom stereocenters. The van der Waals surface area contributed by atoms with Crippen molar-refractivity contribution >= 4 is 21.7 Å². The molecule has 0 aliphatic heterocycles. The molecule has 100 valence electrons. The molecule has 1 heterocycles. The predicted molar refractivity (Wildman–Crippen MR) is 79.4 cm³/mol. The maximum Gasteiger partial charge on any atom is 0.168 e. The van der Waals surface area contributed by atoms with Crippen molar-refractivity contribution in [3.05, 3.63) is 46.3 Å². The summed E-state index contributed by atoms with van der Waals surface area (Å²) >= 11 is 3.39. The molecule has 0 radical (unpaired) electrons. The summed E-state index contributed by atoms with van der Waals surface area (Å²) in [6.07, 6.45) is 0. The molecule has 0 aliphatic rings. The predicted octanol–water partition coefficient (Wildman–Crippen LogP) is 3.56. The van der Waals surface area contributed by atoms with E-state index in [9.17, 15) is 0 Å². The van der Waals surface area contributed by atoms with E-state index >= 15 is 0 Å². The van der Waals surface area contributed by atoms with E-state index in [0.717, 1.165) is 28.3 Å². The van der Waals surface area contributed by atoms with Gasteiger partial charge in [0.25, 0.3) is 0 Å². The van der Waals surface area contributed by atoms with Crippen LogP contribution in [0.25, 0.3) is 0 Å². The molecule has 4 nitrogen and oxygen atoms in total. The van der Waals surface area contributed by atoms with E-state index in [2.05, 4.69) is 31.2 Å². The zero-order chi connectivity index (χ0) is 13.7. The smallest absolute Gasteiger partial charge is 0.168 e. The molecule has 19 heavy (non-hydrogen) atoms. The first-order valence-electron chi connectivity index (χ1n) is 6.14. The van der Waals surface area contributed by atoms with Crippen molar-refractivity contribution in [1.82, 2.24) is 9.97 Å². The fraction of sp³-hybridized carbons (Fsp3) is 0.286. The maximum atomic E-state index is 5.66. The Hall–Kier alpha value is -1.62. The second-order valence-electron chi connectivity index (χ2n) is 4.08. The van der Waals surface area contributed by atoms with Crippen molar-refractivity contribution in [2.75, 3.05) is 11.9 Å². The zero-order valence-corrected chi connectivity index (χ0v) is 12.6. The number of halogens is 1. The number of anilines is 1. The van der Waals surface area contributed by atoms with Gasteiger partial charge >= 0.3 is 0 Å². The minimum Gasteiger partial charge on any atom is -0.486 e. The highest BCUT2D eigenvalue weighted by molar-refractivity contribution is 9.10. The van der Waals surface area contributed by atoms with Gasteiger partial charge in [0.15, 0.2) is 5.82 Å². The molecule has 0 saturated carbocycles. The first kappa shape index (κ1) is 13.8. The van der Waals surface area contributed by atoms with Crippen LogP contribution in [0.2, 0.25) is 0 Å². The second-order valence-corrected chi connectivity index (χ2v) is 5.00. The molecule has 0 amide bonds. The fourth-order valence-corrected chi connectivity index (χ4v) is 1.91. The standard InChI is InChI=1S/C14H16BrN3O/c1-3-16-13-8-10(2)17-14(18-13)9-19-12-6-4-11(15)5-7-12/h4-8H,3,9H2,1-2H3,(H,16,17,18). The number of aromatic nitrogens is 2. The minimum absolute atomic E-state index is 0.363. The van der Waals surface area contributed by atoms with Crippen LogP contribution >= 0.6 is 15.9 Å². The van der Waals surface area contributed by atoms with Gasteiger partial charge in [-0.2, -0.15) is 0 Å². The Balaban J connectivity index is 2.04. The summed E-state index contributed by atoms with van der Waals surface area (Å²) in [6, 6.07) is 9.62. The van der Waals surface area contributed by atoms with Gasteiger partial charge in [0, 0.05) is 22.8 Å². The average Bonchev–Trinajstić information content (AvgIpc) is 2.38. The van der Waals surface area contributed by atoms with E-state index in [1.807, 2.05) is 44.2 Å². The van der Waals surface area contributed by atoms with E-state index in [-0.39, 0.29) is 0 Å². The number of rotatable bonds is 5. The summed E-state index contributed by atoms with van der Waals surface area (Å²) in [7, 11) is 0. The van der Waals surface area contributed by atoms with Crippen LogP contribution in [-0.4, -0.2) is 16.5 Å². The highest BCUT2D eigenvalue weighted by atomic mass is 79.9. The van der Waals surface area contributed by atoms with Crippen molar-refractivity contribution in [1.29, 1.82) is 0 Å². The first-order valence-corrected chi connectivity index (χ1v) is 6.93. The van der Waals surface area contributed by atoms with E-state index in [4.69, 9.17) is 4.74 Å². The maximum absolute atomic E-state index is 5.66. The molecule has 1 aromatic carbocycles. The average molecular weight is 322 g/mol. The molecule has 0 spiro atoms. The van der Waals surface area contributed by atoms with Gasteiger partial charge in [-0.25, -0.2) is 9.97 Å². The van der Waals surface area contributed by atoms with Crippen molar-refractivity contribution in [3.8, 4) is 5.75 Å². The number of aryl methyl sites for hydroxylation is 1. The topological polar surface area (TPSA) is 47.0 Å². The molecular formula is C14H16BrN3O. The van der Waals surface area contributed by atoms with Crippen LogP contribution in [0, 0.1) is 6.92 Å². The number of nitrogens with one attached hydrogen (secondary N) is 1. The lowest BCUT2D eigenvalue weighted by Crippen LogP contribution is -2.07. The summed E-state index contributed by atoms with van der Waals surface area (Å²) in [4.78, 5) is 8.76. The van der Waals surface area contributed by atoms with Crippen LogP contribution in [0.15, 0.2) is 34.8 Å². The molecular weight excluding hydrogens is 306 g/mol. The Morgan fingerprint density at radius 2 is 1.95 bits per heavy atom. The third-order valence-corrected chi connectivity index (χ3v) is 2.97. The van der Waals surface area contributed by atoms with Gasteiger partial charge in [0.1, 0.15) is 18.2 Å². The third kappa shape index (κ3) is 4.21. The number of hydrogen-bond donors (Lipinski definition) is 1. The second kappa shape index (κ2) is 6.52. The van der Waals surface area contributed by atoms with Crippen LogP contribution in [0.5, 0.6) is 5.75 Å². The van der Waals surface area contributed by atoms with Gasteiger partial charge < -0.3 is 10.1 Å². The molecule has 0 bridgehead atoms. The largest absolute Gasteiger partial charge is 0.486 e. The molecule has 1 N–H and O–H groups in total. The quantitative estimate of drug-likeness (QED) is 0.914. The van der Waals surface area contributed by atoms with E-state index in [1.165, 1.54) is 0 Å². The highest BCUT2D eigenvalue weighted by Crippen LogP contribution is 2.17. The summed E-state index contributed by atoms with van der Waals surface area (Å²) in [6.45, 7) is 5.19. The molecule has 0 aliphatic carbocycles. The van der Waals surface area contributed by atoms with Crippen LogP contribution in [0.3, 0.4) is 0 Å². The van der Waals surface area contributed by atoms with Crippen molar-refractivity contribution < 1.29 is 4.74 Å². The minimum atomic E-state index is 0.363. The van der Waals surface area contributed by atoms with Gasteiger partial charge in [-0.15, -0.1) is 0 Å². The van der Waals surface area contributed by atoms with Crippen LogP contribution < -0.4 is 10.1 Å². The number of ether oxygens (including phenoxy) is 1. The monoisotopic (exact) mass is 321 g/mol. The molecule has 5 heteroatoms. The summed E-state index contributed by atoms with van der Waals surface area (Å²) in [5.74, 6) is 2.32. The molecule has 1 aromatic heterocycles. The van der Waals surface area contributed by atoms with Crippen molar-refractivity contribution in [2.45, 2.75) is 20.5 Å². The molecule has 0 saturated heterocycles. The zero-order valence-electron chi connectivity index (χ0n) is 11.0. The van der Waals surface area contributed by atoms with Crippen LogP contribution in [-0.2, 0) is 6.61 Å². The Kier molecular flexibility index (Phi) is 4.74. The van der Waals surface area contributed by atoms with Gasteiger partial charge in [-0.1, -0.05) is 15.9 Å². The Morgan fingerprint density at radius 1 is 1.21 bits per heavy atom. The SMILES string of the molecule is CCNc1cc(C)nc(COc2ccc(Br)cc2)n1. The van der Waals surface area contributed by atoms with Gasteiger partial charge in [0.05, 0.1) is 0 Å². The molecule has 0 fully saturated rings. The summed E-state index contributed by atoms with van der Waals surface area (Å²) in [5, 5.41) is 3.18. The van der Waals surface area contributed by atoms with E-state index in [0.29, 0.717) is 12.4 Å². The van der Waals surface area contributed by atoms with E-state index < -0.39 is 0 Å². The molecule has 2 aromatic rings. The fourth-order valence-electron chi connectivity index (χ4n) is 1.64. The van der Waals surface area contributed by atoms with Crippen molar-refractivity contribution in [3.63, 3.8) is 0 Å². The third-order valence-electron chi connectivity index (χ3n) is 2.44. The Bertz CT molecular complexity index is 543. The van der Waals surface area contributed by atoms with Crippen LogP contribution in [0.4, 0.5) is 5.82 Å².